The summed E-state index contributed by atoms with van der Waals surface area (Å²) in [6, 6.07) is 6.15. The molecule has 2 aromatic heterocycles. The van der Waals surface area contributed by atoms with E-state index in [2.05, 4.69) is 27.4 Å². The quantitative estimate of drug-likeness (QED) is 0.456. The SMILES string of the molecule is CCCCNc1nnc(SCc2ncc(-c3ccc(F)cc3)o2)s1. The van der Waals surface area contributed by atoms with Gasteiger partial charge in [0.25, 0.3) is 0 Å². The van der Waals surface area contributed by atoms with Gasteiger partial charge < -0.3 is 9.73 Å². The van der Waals surface area contributed by atoms with Crippen LogP contribution >= 0.6 is 23.1 Å². The van der Waals surface area contributed by atoms with E-state index in [1.807, 2.05) is 0 Å². The van der Waals surface area contributed by atoms with Gasteiger partial charge in [0, 0.05) is 12.1 Å². The van der Waals surface area contributed by atoms with Crippen molar-refractivity contribution in [3.8, 4) is 11.3 Å². The number of nitrogens with zero attached hydrogens (tertiary/aromatic N) is 3. The van der Waals surface area contributed by atoms with Crippen molar-refractivity contribution < 1.29 is 8.81 Å². The summed E-state index contributed by atoms with van der Waals surface area (Å²) in [5, 5.41) is 12.3. The molecule has 2 heterocycles. The first-order valence-corrected chi connectivity index (χ1v) is 9.45. The Balaban J connectivity index is 1.54. The molecular formula is C16H17FN4OS2. The van der Waals surface area contributed by atoms with E-state index in [1.54, 1.807) is 18.3 Å². The van der Waals surface area contributed by atoms with E-state index in [-0.39, 0.29) is 5.82 Å². The van der Waals surface area contributed by atoms with Crippen LogP contribution in [0.1, 0.15) is 25.7 Å². The predicted octanol–water partition coefficient (Wildman–Crippen LogP) is 4.84. The lowest BCUT2D eigenvalue weighted by atomic mass is 10.2. The van der Waals surface area contributed by atoms with E-state index in [9.17, 15) is 4.39 Å². The number of hydrogen-bond donors (Lipinski definition) is 1. The molecule has 0 saturated heterocycles. The lowest BCUT2D eigenvalue weighted by Gasteiger charge is -1.97. The molecule has 126 valence electrons. The number of thioether (sulfide) groups is 1. The highest BCUT2D eigenvalue weighted by Crippen LogP contribution is 2.29. The number of halogens is 1. The zero-order valence-electron chi connectivity index (χ0n) is 13.2. The Bertz CT molecular complexity index is 772. The number of nitrogens with one attached hydrogen (secondary N) is 1. The zero-order valence-corrected chi connectivity index (χ0v) is 14.8. The van der Waals surface area contributed by atoms with Crippen molar-refractivity contribution in [2.45, 2.75) is 29.9 Å². The van der Waals surface area contributed by atoms with Crippen molar-refractivity contribution in [2.24, 2.45) is 0 Å². The molecule has 0 bridgehead atoms. The average Bonchev–Trinajstić information content (AvgIpc) is 3.23. The first kappa shape index (κ1) is 16.9. The number of aromatic nitrogens is 3. The second-order valence-corrected chi connectivity index (χ2v) is 7.27. The molecule has 1 N–H and O–H groups in total. The van der Waals surface area contributed by atoms with Gasteiger partial charge in [0.05, 0.1) is 11.9 Å². The van der Waals surface area contributed by atoms with Crippen LogP contribution in [0.4, 0.5) is 9.52 Å². The van der Waals surface area contributed by atoms with Crippen LogP contribution in [-0.4, -0.2) is 21.7 Å². The van der Waals surface area contributed by atoms with Crippen LogP contribution in [0.25, 0.3) is 11.3 Å². The minimum absolute atomic E-state index is 0.270. The van der Waals surface area contributed by atoms with Gasteiger partial charge in [0.15, 0.2) is 10.1 Å². The highest BCUT2D eigenvalue weighted by molar-refractivity contribution is 8.00. The van der Waals surface area contributed by atoms with E-state index >= 15 is 0 Å². The molecule has 0 spiro atoms. The summed E-state index contributed by atoms with van der Waals surface area (Å²) >= 11 is 3.06. The van der Waals surface area contributed by atoms with Crippen molar-refractivity contribution in [3.05, 3.63) is 42.2 Å². The Morgan fingerprint density at radius 2 is 2.08 bits per heavy atom. The van der Waals surface area contributed by atoms with Gasteiger partial charge in [-0.15, -0.1) is 10.2 Å². The molecule has 0 fully saturated rings. The Hall–Kier alpha value is -1.93. The summed E-state index contributed by atoms with van der Waals surface area (Å²) in [4.78, 5) is 4.26. The van der Waals surface area contributed by atoms with Crippen molar-refractivity contribution in [1.82, 2.24) is 15.2 Å². The smallest absolute Gasteiger partial charge is 0.206 e. The average molecular weight is 364 g/mol. The third-order valence-corrected chi connectivity index (χ3v) is 5.21. The molecule has 0 aliphatic rings. The molecule has 0 radical (unpaired) electrons. The van der Waals surface area contributed by atoms with Crippen LogP contribution in [0.3, 0.4) is 0 Å². The number of rotatable bonds is 8. The normalized spacial score (nSPS) is 10.9. The summed E-state index contributed by atoms with van der Waals surface area (Å²) in [6.07, 6.45) is 3.92. The summed E-state index contributed by atoms with van der Waals surface area (Å²) in [5.41, 5.74) is 0.804. The predicted molar refractivity (Wildman–Crippen MR) is 94.8 cm³/mol. The van der Waals surface area contributed by atoms with Gasteiger partial charge in [0.1, 0.15) is 5.82 Å². The molecular weight excluding hydrogens is 347 g/mol. The van der Waals surface area contributed by atoms with Gasteiger partial charge >= 0.3 is 0 Å². The molecule has 3 aromatic rings. The van der Waals surface area contributed by atoms with Gasteiger partial charge in [-0.2, -0.15) is 0 Å². The van der Waals surface area contributed by atoms with Gasteiger partial charge in [-0.25, -0.2) is 9.37 Å². The first-order valence-electron chi connectivity index (χ1n) is 7.65. The topological polar surface area (TPSA) is 63.8 Å². The molecule has 3 rings (SSSR count). The molecule has 0 atom stereocenters. The van der Waals surface area contributed by atoms with Gasteiger partial charge in [0.2, 0.25) is 11.0 Å². The number of oxazole rings is 1. The largest absolute Gasteiger partial charge is 0.440 e. The van der Waals surface area contributed by atoms with E-state index < -0.39 is 0 Å². The second-order valence-electron chi connectivity index (χ2n) is 5.07. The van der Waals surface area contributed by atoms with Crippen LogP contribution in [0.15, 0.2) is 39.2 Å². The monoisotopic (exact) mass is 364 g/mol. The molecule has 1 aromatic carbocycles. The Labute approximate surface area is 147 Å². The fourth-order valence-corrected chi connectivity index (χ4v) is 3.59. The number of anilines is 1. The second kappa shape index (κ2) is 8.25. The van der Waals surface area contributed by atoms with Crippen molar-refractivity contribution in [3.63, 3.8) is 0 Å². The Morgan fingerprint density at radius 1 is 1.25 bits per heavy atom. The van der Waals surface area contributed by atoms with Crippen molar-refractivity contribution >= 4 is 28.2 Å². The molecule has 0 saturated carbocycles. The van der Waals surface area contributed by atoms with Crippen LogP contribution in [-0.2, 0) is 5.75 Å². The van der Waals surface area contributed by atoms with Crippen molar-refractivity contribution in [1.29, 1.82) is 0 Å². The molecule has 0 aliphatic heterocycles. The van der Waals surface area contributed by atoms with E-state index in [0.717, 1.165) is 34.4 Å². The van der Waals surface area contributed by atoms with Crippen LogP contribution in [0.5, 0.6) is 0 Å². The van der Waals surface area contributed by atoms with E-state index in [0.29, 0.717) is 17.4 Å². The summed E-state index contributed by atoms with van der Waals surface area (Å²) in [6.45, 7) is 3.07. The number of benzene rings is 1. The highest BCUT2D eigenvalue weighted by atomic mass is 32.2. The maximum atomic E-state index is 12.9. The fraction of sp³-hybridized carbons (Fsp3) is 0.312. The molecule has 0 amide bonds. The van der Waals surface area contributed by atoms with Gasteiger partial charge in [-0.05, 0) is 30.7 Å². The van der Waals surface area contributed by atoms with Gasteiger partial charge in [-0.1, -0.05) is 36.4 Å². The lowest BCUT2D eigenvalue weighted by Crippen LogP contribution is -1.99. The van der Waals surface area contributed by atoms with E-state index in [4.69, 9.17) is 4.42 Å². The summed E-state index contributed by atoms with van der Waals surface area (Å²) < 4.78 is 19.5. The van der Waals surface area contributed by atoms with Gasteiger partial charge in [-0.3, -0.25) is 0 Å². The Morgan fingerprint density at radius 3 is 2.88 bits per heavy atom. The summed E-state index contributed by atoms with van der Waals surface area (Å²) in [5.74, 6) is 1.54. The number of hydrogen-bond acceptors (Lipinski definition) is 7. The van der Waals surface area contributed by atoms with E-state index in [1.165, 1.54) is 35.2 Å². The summed E-state index contributed by atoms with van der Waals surface area (Å²) in [7, 11) is 0. The van der Waals surface area contributed by atoms with Crippen LogP contribution < -0.4 is 5.32 Å². The molecule has 24 heavy (non-hydrogen) atoms. The lowest BCUT2D eigenvalue weighted by molar-refractivity contribution is 0.530. The number of unbranched alkanes of at least 4 members (excludes halogenated alkanes) is 1. The maximum Gasteiger partial charge on any atom is 0.206 e. The minimum atomic E-state index is -0.270. The highest BCUT2D eigenvalue weighted by Gasteiger charge is 2.10. The minimum Gasteiger partial charge on any atom is -0.440 e. The standard InChI is InChI=1S/C16H17FN4OS2/c1-2-3-8-18-15-20-21-16(24-15)23-10-14-19-9-13(22-14)11-4-6-12(17)7-5-11/h4-7,9H,2-3,8,10H2,1H3,(H,18,20). The Kier molecular flexibility index (Phi) is 5.81. The molecule has 0 aliphatic carbocycles. The van der Waals surface area contributed by atoms with Crippen LogP contribution in [0, 0.1) is 5.82 Å². The molecule has 0 unspecified atom stereocenters. The van der Waals surface area contributed by atoms with Crippen LogP contribution in [0.2, 0.25) is 0 Å². The van der Waals surface area contributed by atoms with Crippen molar-refractivity contribution in [2.75, 3.05) is 11.9 Å². The molecule has 5 nitrogen and oxygen atoms in total. The zero-order chi connectivity index (χ0) is 16.8. The molecule has 8 heteroatoms. The maximum absolute atomic E-state index is 12.9. The first-order chi connectivity index (χ1) is 11.7. The third kappa shape index (κ3) is 4.55. The fourth-order valence-electron chi connectivity index (χ4n) is 1.96. The third-order valence-electron chi connectivity index (χ3n) is 3.21.